The van der Waals surface area contributed by atoms with E-state index in [9.17, 15) is 0 Å². The van der Waals surface area contributed by atoms with Crippen molar-refractivity contribution in [3.63, 3.8) is 0 Å². The van der Waals surface area contributed by atoms with Gasteiger partial charge >= 0.3 is 6.85 Å². The zero-order valence-corrected chi connectivity index (χ0v) is 41.2. The van der Waals surface area contributed by atoms with Gasteiger partial charge in [0, 0.05) is 44.4 Å². The average Bonchev–Trinajstić information content (AvgIpc) is 4.02. The largest absolute Gasteiger partial charge is 0.375 e. The SMILES string of the molecule is c1ccc(Cc2c3ccccc3c(Cc3ccccc3)c3cc4c(cc23)B2c3c(cc5ccccc5c3-c3cc5ccccc5c5c6ccccc6n2c35)N4c2cc(-c3ccccc3)cc(-c3ccccc3)c2)cc1. The normalized spacial score (nSPS) is 12.6. The van der Waals surface area contributed by atoms with Crippen LogP contribution in [0.25, 0.3) is 98.3 Å². The maximum atomic E-state index is 2.74. The summed E-state index contributed by atoms with van der Waals surface area (Å²) in [5.74, 6) is 0. The van der Waals surface area contributed by atoms with Crippen molar-refractivity contribution in [3.05, 3.63) is 283 Å². The van der Waals surface area contributed by atoms with Crippen LogP contribution in [0, 0.1) is 0 Å². The fraction of sp³-hybridized carbons (Fsp3) is 0.0278. The molecule has 0 spiro atoms. The second-order valence-electron chi connectivity index (χ2n) is 20.7. The molecule has 2 aliphatic heterocycles. The summed E-state index contributed by atoms with van der Waals surface area (Å²) in [5.41, 5.74) is 21.4. The Labute approximate surface area is 436 Å². The van der Waals surface area contributed by atoms with E-state index in [0.717, 1.165) is 18.5 Å². The first-order chi connectivity index (χ1) is 37.2. The van der Waals surface area contributed by atoms with Crippen molar-refractivity contribution in [1.29, 1.82) is 0 Å². The topological polar surface area (TPSA) is 8.17 Å². The maximum Gasteiger partial charge on any atom is 0.333 e. The van der Waals surface area contributed by atoms with Crippen LogP contribution in [0.2, 0.25) is 0 Å². The van der Waals surface area contributed by atoms with Crippen LogP contribution in [0.3, 0.4) is 0 Å². The quantitative estimate of drug-likeness (QED) is 0.114. The predicted molar refractivity (Wildman–Crippen MR) is 319 cm³/mol. The van der Waals surface area contributed by atoms with E-state index in [2.05, 4.69) is 270 Å². The number of rotatable bonds is 7. The van der Waals surface area contributed by atoms with Gasteiger partial charge in [0.05, 0.1) is 0 Å². The van der Waals surface area contributed by atoms with E-state index in [1.165, 1.54) is 143 Å². The van der Waals surface area contributed by atoms with Crippen molar-refractivity contribution in [2.75, 3.05) is 4.90 Å². The summed E-state index contributed by atoms with van der Waals surface area (Å²) in [6, 6.07) is 98.1. The van der Waals surface area contributed by atoms with Crippen LogP contribution in [-0.4, -0.2) is 11.3 Å². The van der Waals surface area contributed by atoms with Crippen LogP contribution >= 0.6 is 0 Å². The molecule has 1 aromatic heterocycles. The Morgan fingerprint density at radius 3 is 1.45 bits per heavy atom. The van der Waals surface area contributed by atoms with E-state index in [0.29, 0.717) is 0 Å². The predicted octanol–water partition coefficient (Wildman–Crippen LogP) is 17.3. The molecule has 0 atom stereocenters. The summed E-state index contributed by atoms with van der Waals surface area (Å²) in [7, 11) is 0. The molecule has 0 N–H and O–H groups in total. The summed E-state index contributed by atoms with van der Waals surface area (Å²) < 4.78 is 2.74. The molecular weight excluding hydrogens is 904 g/mol. The number of hydrogen-bond acceptors (Lipinski definition) is 1. The summed E-state index contributed by atoms with van der Waals surface area (Å²) in [5, 5.41) is 12.9. The summed E-state index contributed by atoms with van der Waals surface area (Å²) in [6.45, 7) is -0.147. The van der Waals surface area contributed by atoms with Gasteiger partial charge in [0.15, 0.2) is 0 Å². The lowest BCUT2D eigenvalue weighted by atomic mass is 9.44. The number of nitrogens with zero attached hydrogens (tertiary/aromatic N) is 2. The van der Waals surface area contributed by atoms with Gasteiger partial charge in [0.1, 0.15) is 0 Å². The van der Waals surface area contributed by atoms with Crippen molar-refractivity contribution >= 4 is 99.7 Å². The molecule has 0 saturated heterocycles. The Balaban J connectivity index is 1.11. The average molecular weight is 951 g/mol. The van der Waals surface area contributed by atoms with E-state index in [-0.39, 0.29) is 6.85 Å². The molecule has 16 rings (SSSR count). The van der Waals surface area contributed by atoms with Crippen LogP contribution < -0.4 is 15.8 Å². The van der Waals surface area contributed by atoms with Crippen LogP contribution in [0.1, 0.15) is 22.3 Å². The van der Waals surface area contributed by atoms with E-state index < -0.39 is 0 Å². The van der Waals surface area contributed by atoms with Crippen molar-refractivity contribution in [1.82, 2.24) is 4.48 Å². The Bertz CT molecular complexity index is 4580. The lowest BCUT2D eigenvalue weighted by Crippen LogP contribution is -2.56. The second kappa shape index (κ2) is 16.5. The highest BCUT2D eigenvalue weighted by Crippen LogP contribution is 2.51. The first-order valence-corrected chi connectivity index (χ1v) is 26.4. The molecule has 0 amide bonds. The molecular formula is C72H47BN2. The molecule has 0 unspecified atom stereocenters. The highest BCUT2D eigenvalue weighted by molar-refractivity contribution is 6.90. The minimum absolute atomic E-state index is 0.147. The molecule has 3 heterocycles. The number of anilines is 3. The Morgan fingerprint density at radius 1 is 0.347 bits per heavy atom. The van der Waals surface area contributed by atoms with E-state index in [1.807, 2.05) is 0 Å². The minimum atomic E-state index is -0.147. The maximum absolute atomic E-state index is 2.74. The molecule has 13 aromatic carbocycles. The third-order valence-electron chi connectivity index (χ3n) is 16.6. The van der Waals surface area contributed by atoms with Gasteiger partial charge in [-0.3, -0.25) is 0 Å². The number of benzene rings is 13. The molecule has 0 aliphatic carbocycles. The van der Waals surface area contributed by atoms with Gasteiger partial charge in [-0.25, -0.2) is 0 Å². The Hall–Kier alpha value is -9.44. The zero-order chi connectivity index (χ0) is 49.1. The molecule has 75 heavy (non-hydrogen) atoms. The van der Waals surface area contributed by atoms with Gasteiger partial charge in [-0.15, -0.1) is 0 Å². The summed E-state index contributed by atoms with van der Waals surface area (Å²) in [6.07, 6.45) is 1.62. The standard InChI is InChI=1S/C72H47BN2/c1-5-21-46(22-6-1)37-60-57-33-17-18-34-58(57)61(38-47-23-7-2-8-24-47)63-45-67-65(44-62(60)63)73-71-68(74(67)54-40-52(48-25-9-3-10-26-48)39-53(41-54)49-27-11-4-12-28-49)43-51-30-14-15-31-55(51)69(71)64-42-50-29-13-16-32-56(50)70-59-35-19-20-36-66(59)75(73)72(64)70/h1-36,39-45H,37-38H2. The van der Waals surface area contributed by atoms with Gasteiger partial charge in [-0.05, 0) is 159 Å². The van der Waals surface area contributed by atoms with Gasteiger partial charge in [0.2, 0.25) is 0 Å². The highest BCUT2D eigenvalue weighted by atomic mass is 15.2. The van der Waals surface area contributed by atoms with Crippen molar-refractivity contribution in [3.8, 4) is 33.4 Å². The molecule has 2 nitrogen and oxygen atoms in total. The molecule has 0 saturated carbocycles. The molecule has 2 aliphatic rings. The van der Waals surface area contributed by atoms with Crippen LogP contribution in [0.4, 0.5) is 17.1 Å². The molecule has 14 aromatic rings. The van der Waals surface area contributed by atoms with Crippen molar-refractivity contribution in [2.45, 2.75) is 12.8 Å². The third kappa shape index (κ3) is 6.41. The summed E-state index contributed by atoms with van der Waals surface area (Å²) >= 11 is 0. The fourth-order valence-electron chi connectivity index (χ4n) is 13.4. The number of para-hydroxylation sites is 1. The number of fused-ring (bicyclic) bond motifs is 13. The lowest BCUT2D eigenvalue weighted by molar-refractivity contribution is 1.21. The van der Waals surface area contributed by atoms with Gasteiger partial charge in [-0.1, -0.05) is 218 Å². The monoisotopic (exact) mass is 950 g/mol. The second-order valence-corrected chi connectivity index (χ2v) is 20.7. The summed E-state index contributed by atoms with van der Waals surface area (Å²) in [4.78, 5) is 2.66. The van der Waals surface area contributed by atoms with Crippen LogP contribution in [0.15, 0.2) is 261 Å². The van der Waals surface area contributed by atoms with Gasteiger partial charge in [0.25, 0.3) is 0 Å². The molecule has 0 bridgehead atoms. The van der Waals surface area contributed by atoms with Crippen molar-refractivity contribution in [2.24, 2.45) is 0 Å². The van der Waals surface area contributed by atoms with Gasteiger partial charge in [-0.2, -0.15) is 0 Å². The molecule has 0 fully saturated rings. The van der Waals surface area contributed by atoms with Gasteiger partial charge < -0.3 is 9.38 Å². The number of hydrogen-bond donors (Lipinski definition) is 0. The van der Waals surface area contributed by atoms with Crippen LogP contribution in [0.5, 0.6) is 0 Å². The first kappa shape index (κ1) is 42.1. The lowest BCUT2D eigenvalue weighted by Gasteiger charge is -2.41. The smallest absolute Gasteiger partial charge is 0.333 e. The fourth-order valence-corrected chi connectivity index (χ4v) is 13.4. The van der Waals surface area contributed by atoms with E-state index in [4.69, 9.17) is 0 Å². The minimum Gasteiger partial charge on any atom is -0.375 e. The van der Waals surface area contributed by atoms with Crippen molar-refractivity contribution < 1.29 is 0 Å². The number of aromatic nitrogens is 1. The van der Waals surface area contributed by atoms with Crippen LogP contribution in [-0.2, 0) is 12.8 Å². The van der Waals surface area contributed by atoms with E-state index >= 15 is 0 Å². The third-order valence-corrected chi connectivity index (χ3v) is 16.6. The molecule has 3 heteroatoms. The first-order valence-electron chi connectivity index (χ1n) is 26.4. The Kier molecular flexibility index (Phi) is 9.29. The Morgan fingerprint density at radius 2 is 0.840 bits per heavy atom. The highest BCUT2D eigenvalue weighted by Gasteiger charge is 2.44. The zero-order valence-electron chi connectivity index (χ0n) is 41.2. The molecule has 348 valence electrons. The molecule has 0 radical (unpaired) electrons. The van der Waals surface area contributed by atoms with E-state index in [1.54, 1.807) is 0 Å².